The Labute approximate surface area is 191 Å². The lowest BCUT2D eigenvalue weighted by atomic mass is 10.1. The van der Waals surface area contributed by atoms with Gasteiger partial charge in [0.1, 0.15) is 12.1 Å². The van der Waals surface area contributed by atoms with E-state index in [1.54, 1.807) is 12.4 Å². The lowest BCUT2D eigenvalue weighted by Crippen LogP contribution is -2.28. The molecule has 0 saturated carbocycles. The zero-order chi connectivity index (χ0) is 21.4. The van der Waals surface area contributed by atoms with E-state index in [2.05, 4.69) is 57.2 Å². The highest BCUT2D eigenvalue weighted by Crippen LogP contribution is 2.38. The van der Waals surface area contributed by atoms with Crippen LogP contribution in [0.15, 0.2) is 55.0 Å². The number of halogens is 2. The van der Waals surface area contributed by atoms with Gasteiger partial charge >= 0.3 is 0 Å². The van der Waals surface area contributed by atoms with Crippen LogP contribution in [0.5, 0.6) is 0 Å². The average Bonchev–Trinajstić information content (AvgIpc) is 3.15. The van der Waals surface area contributed by atoms with E-state index >= 15 is 0 Å². The van der Waals surface area contributed by atoms with E-state index in [9.17, 15) is 0 Å². The lowest BCUT2D eigenvalue weighted by molar-refractivity contribution is 0.0904. The molecule has 7 heteroatoms. The topological polar surface area (TPSA) is 52.0 Å². The fourth-order valence-corrected chi connectivity index (χ4v) is 4.64. The molecule has 1 aliphatic heterocycles. The molecule has 1 fully saturated rings. The first-order chi connectivity index (χ1) is 15.1. The largest absolute Gasteiger partial charge is 0.381 e. The Kier molecular flexibility index (Phi) is 5.57. The minimum absolute atomic E-state index is 0.310. The molecular weight excluding hydrogens is 431 g/mol. The number of hydrogen-bond acceptors (Lipinski definition) is 4. The van der Waals surface area contributed by atoms with Crippen molar-refractivity contribution in [1.82, 2.24) is 14.5 Å². The summed E-state index contributed by atoms with van der Waals surface area (Å²) in [7, 11) is 0. The lowest BCUT2D eigenvalue weighted by Gasteiger charge is -2.24. The average molecular weight is 453 g/mol. The van der Waals surface area contributed by atoms with Gasteiger partial charge in [0, 0.05) is 46.7 Å². The molecule has 5 nitrogen and oxygen atoms in total. The van der Waals surface area contributed by atoms with Crippen LogP contribution in [0.2, 0.25) is 10.0 Å². The standard InChI is InChI=1S/C24H22Cl2N4O/c1-15-3-2-4-20(9-15)30-13-21(16-10-17(25)12-18(26)11-16)22-23(27-14-28-24(22)30)29-19-5-7-31-8-6-19/h2-4,9-14,19H,5-8H2,1H3,(H,27,28,29). The number of rotatable bonds is 4. The summed E-state index contributed by atoms with van der Waals surface area (Å²) in [6, 6.07) is 14.3. The van der Waals surface area contributed by atoms with Gasteiger partial charge in [0.2, 0.25) is 0 Å². The highest BCUT2D eigenvalue weighted by molar-refractivity contribution is 6.35. The van der Waals surface area contributed by atoms with Crippen LogP contribution in [0.4, 0.5) is 5.82 Å². The fraction of sp³-hybridized carbons (Fsp3) is 0.250. The molecular formula is C24H22Cl2N4O. The molecule has 1 N–H and O–H groups in total. The molecule has 0 atom stereocenters. The van der Waals surface area contributed by atoms with Gasteiger partial charge in [0.15, 0.2) is 5.65 Å². The molecule has 4 aromatic rings. The van der Waals surface area contributed by atoms with Crippen molar-refractivity contribution in [2.45, 2.75) is 25.8 Å². The number of aryl methyl sites for hydroxylation is 1. The van der Waals surface area contributed by atoms with Crippen molar-refractivity contribution in [2.24, 2.45) is 0 Å². The number of hydrogen-bond donors (Lipinski definition) is 1. The Bertz CT molecular complexity index is 1230. The first-order valence-corrected chi connectivity index (χ1v) is 11.1. The van der Waals surface area contributed by atoms with Crippen LogP contribution in [0, 0.1) is 6.92 Å². The summed E-state index contributed by atoms with van der Waals surface area (Å²) in [5.41, 5.74) is 4.97. The van der Waals surface area contributed by atoms with Crippen molar-refractivity contribution in [3.05, 3.63) is 70.6 Å². The Balaban J connectivity index is 1.73. The minimum Gasteiger partial charge on any atom is -0.381 e. The Morgan fingerprint density at radius 1 is 1.03 bits per heavy atom. The number of benzene rings is 2. The van der Waals surface area contributed by atoms with Crippen LogP contribution < -0.4 is 5.32 Å². The van der Waals surface area contributed by atoms with E-state index in [1.807, 2.05) is 12.1 Å². The van der Waals surface area contributed by atoms with Gasteiger partial charge in [-0.2, -0.15) is 0 Å². The zero-order valence-corrected chi connectivity index (χ0v) is 18.6. The van der Waals surface area contributed by atoms with Crippen molar-refractivity contribution >= 4 is 40.1 Å². The van der Waals surface area contributed by atoms with E-state index in [-0.39, 0.29) is 0 Å². The predicted molar refractivity (Wildman–Crippen MR) is 127 cm³/mol. The SMILES string of the molecule is Cc1cccc(-n2cc(-c3cc(Cl)cc(Cl)c3)c3c(NC4CCOCC4)ncnc32)c1. The second kappa shape index (κ2) is 8.50. The van der Waals surface area contributed by atoms with E-state index in [1.165, 1.54) is 5.56 Å². The number of nitrogens with zero attached hydrogens (tertiary/aromatic N) is 3. The van der Waals surface area contributed by atoms with Gasteiger partial charge in [0.25, 0.3) is 0 Å². The second-order valence-electron chi connectivity index (χ2n) is 7.86. The van der Waals surface area contributed by atoms with Crippen molar-refractivity contribution in [2.75, 3.05) is 18.5 Å². The third-order valence-electron chi connectivity index (χ3n) is 5.60. The Morgan fingerprint density at radius 3 is 2.55 bits per heavy atom. The van der Waals surface area contributed by atoms with Gasteiger partial charge in [-0.1, -0.05) is 35.3 Å². The molecule has 0 unspecified atom stereocenters. The number of fused-ring (bicyclic) bond motifs is 1. The molecule has 0 bridgehead atoms. The summed E-state index contributed by atoms with van der Waals surface area (Å²) in [5.74, 6) is 0.814. The molecule has 3 heterocycles. The molecule has 31 heavy (non-hydrogen) atoms. The van der Waals surface area contributed by atoms with Gasteiger partial charge in [-0.05, 0) is 61.2 Å². The maximum atomic E-state index is 6.34. The van der Waals surface area contributed by atoms with Crippen LogP contribution in [-0.2, 0) is 4.74 Å². The molecule has 0 spiro atoms. The van der Waals surface area contributed by atoms with E-state index < -0.39 is 0 Å². The quantitative estimate of drug-likeness (QED) is 0.394. The smallest absolute Gasteiger partial charge is 0.150 e. The van der Waals surface area contributed by atoms with E-state index in [0.29, 0.717) is 16.1 Å². The van der Waals surface area contributed by atoms with Gasteiger partial charge in [0.05, 0.1) is 5.39 Å². The highest BCUT2D eigenvalue weighted by Gasteiger charge is 2.21. The van der Waals surface area contributed by atoms with Crippen molar-refractivity contribution in [1.29, 1.82) is 0 Å². The summed E-state index contributed by atoms with van der Waals surface area (Å²) in [6.07, 6.45) is 5.60. The number of nitrogens with one attached hydrogen (secondary N) is 1. The molecule has 2 aromatic heterocycles. The maximum absolute atomic E-state index is 6.34. The molecule has 0 amide bonds. The summed E-state index contributed by atoms with van der Waals surface area (Å²) < 4.78 is 7.61. The van der Waals surface area contributed by atoms with Gasteiger partial charge in [-0.25, -0.2) is 9.97 Å². The monoisotopic (exact) mass is 452 g/mol. The third-order valence-corrected chi connectivity index (χ3v) is 6.03. The molecule has 0 radical (unpaired) electrons. The van der Waals surface area contributed by atoms with Gasteiger partial charge < -0.3 is 14.6 Å². The molecule has 1 saturated heterocycles. The Morgan fingerprint density at radius 2 is 1.81 bits per heavy atom. The normalized spacial score (nSPS) is 14.8. The summed E-state index contributed by atoms with van der Waals surface area (Å²) in [4.78, 5) is 9.27. The summed E-state index contributed by atoms with van der Waals surface area (Å²) in [5, 5.41) is 5.77. The molecule has 5 rings (SSSR count). The maximum Gasteiger partial charge on any atom is 0.150 e. The van der Waals surface area contributed by atoms with Crippen LogP contribution in [0.25, 0.3) is 27.8 Å². The second-order valence-corrected chi connectivity index (χ2v) is 8.73. The molecule has 1 aliphatic rings. The van der Waals surface area contributed by atoms with Crippen LogP contribution >= 0.6 is 23.2 Å². The summed E-state index contributed by atoms with van der Waals surface area (Å²) in [6.45, 7) is 3.60. The molecule has 2 aromatic carbocycles. The molecule has 0 aliphatic carbocycles. The number of anilines is 1. The third kappa shape index (κ3) is 4.13. The number of ether oxygens (including phenoxy) is 1. The highest BCUT2D eigenvalue weighted by atomic mass is 35.5. The predicted octanol–water partition coefficient (Wildman–Crippen LogP) is 6.29. The zero-order valence-electron chi connectivity index (χ0n) is 17.1. The minimum atomic E-state index is 0.310. The van der Waals surface area contributed by atoms with E-state index in [0.717, 1.165) is 59.7 Å². The van der Waals surface area contributed by atoms with Crippen LogP contribution in [0.3, 0.4) is 0 Å². The van der Waals surface area contributed by atoms with Crippen molar-refractivity contribution in [3.63, 3.8) is 0 Å². The number of aromatic nitrogens is 3. The van der Waals surface area contributed by atoms with Gasteiger partial charge in [-0.3, -0.25) is 0 Å². The first-order valence-electron chi connectivity index (χ1n) is 10.3. The first kappa shape index (κ1) is 20.3. The van der Waals surface area contributed by atoms with Crippen molar-refractivity contribution in [3.8, 4) is 16.8 Å². The summed E-state index contributed by atoms with van der Waals surface area (Å²) >= 11 is 12.7. The van der Waals surface area contributed by atoms with E-state index in [4.69, 9.17) is 27.9 Å². The van der Waals surface area contributed by atoms with Gasteiger partial charge in [-0.15, -0.1) is 0 Å². The fourth-order valence-electron chi connectivity index (χ4n) is 4.11. The van der Waals surface area contributed by atoms with Crippen LogP contribution in [0.1, 0.15) is 18.4 Å². The molecule has 158 valence electrons. The Hall–Kier alpha value is -2.60. The van der Waals surface area contributed by atoms with Crippen LogP contribution in [-0.4, -0.2) is 33.8 Å². The van der Waals surface area contributed by atoms with Crippen molar-refractivity contribution < 1.29 is 4.74 Å².